The Kier molecular flexibility index (Phi) is 3.48. The number of benzene rings is 2. The Hall–Kier alpha value is -2.93. The number of rotatable bonds is 3. The average molecular weight is 289 g/mol. The predicted molar refractivity (Wildman–Crippen MR) is 84.7 cm³/mol. The highest BCUT2D eigenvalue weighted by atomic mass is 16.1. The fourth-order valence-electron chi connectivity index (χ4n) is 2.64. The fraction of sp³-hybridized carbons (Fsp3) is 0.167. The van der Waals surface area contributed by atoms with Crippen LogP contribution >= 0.6 is 0 Å². The fourth-order valence-corrected chi connectivity index (χ4v) is 2.64. The van der Waals surface area contributed by atoms with Gasteiger partial charge in [0, 0.05) is 5.56 Å². The number of para-hydroxylation sites is 2. The number of Topliss-reactive ketones (excluding diaryl/α,β-unsaturated/α-hetero) is 1. The number of H-pyrrole nitrogens is 1. The molecule has 0 bridgehead atoms. The number of fused-ring (bicyclic) bond motifs is 1. The zero-order valence-electron chi connectivity index (χ0n) is 12.4. The number of ketones is 1. The molecule has 0 radical (unpaired) electrons. The summed E-state index contributed by atoms with van der Waals surface area (Å²) < 4.78 is 0. The number of aromatic amines is 1. The number of nitriles is 1. The summed E-state index contributed by atoms with van der Waals surface area (Å²) in [6, 6.07) is 15.2. The van der Waals surface area contributed by atoms with Gasteiger partial charge in [-0.05, 0) is 38.1 Å². The molecule has 0 saturated heterocycles. The molecule has 0 unspecified atom stereocenters. The summed E-state index contributed by atoms with van der Waals surface area (Å²) in [5, 5.41) is 9.44. The van der Waals surface area contributed by atoms with Gasteiger partial charge in [-0.1, -0.05) is 29.3 Å². The Morgan fingerprint density at radius 1 is 1.18 bits per heavy atom. The normalized spacial score (nSPS) is 12.0. The third-order valence-electron chi connectivity index (χ3n) is 3.58. The molecule has 0 saturated carbocycles. The standard InChI is InChI=1S/C18H15N3O/c1-11-7-12(2)9-13(8-11)17(22)14(10-19)18-20-15-5-3-4-6-16(15)21-18/h3-9,14H,1-2H3,(H,20,21)/t14-/m1/s1. The van der Waals surface area contributed by atoms with Crippen LogP contribution in [0.4, 0.5) is 0 Å². The minimum absolute atomic E-state index is 0.228. The van der Waals surface area contributed by atoms with Gasteiger partial charge in [-0.15, -0.1) is 0 Å². The van der Waals surface area contributed by atoms with E-state index in [2.05, 4.69) is 16.0 Å². The highest BCUT2D eigenvalue weighted by molar-refractivity contribution is 6.02. The zero-order chi connectivity index (χ0) is 15.7. The second-order valence-electron chi connectivity index (χ2n) is 5.44. The van der Waals surface area contributed by atoms with Crippen LogP contribution in [0.2, 0.25) is 0 Å². The molecule has 2 aromatic carbocycles. The van der Waals surface area contributed by atoms with Gasteiger partial charge in [0.15, 0.2) is 11.7 Å². The van der Waals surface area contributed by atoms with Crippen molar-refractivity contribution in [2.75, 3.05) is 0 Å². The van der Waals surface area contributed by atoms with Gasteiger partial charge >= 0.3 is 0 Å². The Bertz CT molecular complexity index is 849. The van der Waals surface area contributed by atoms with Gasteiger partial charge in [-0.2, -0.15) is 5.26 Å². The summed E-state index contributed by atoms with van der Waals surface area (Å²) in [4.78, 5) is 20.1. The largest absolute Gasteiger partial charge is 0.340 e. The number of hydrogen-bond donors (Lipinski definition) is 1. The molecule has 3 rings (SSSR count). The number of imidazole rings is 1. The third-order valence-corrected chi connectivity index (χ3v) is 3.58. The number of nitrogens with one attached hydrogen (secondary N) is 1. The first-order valence-electron chi connectivity index (χ1n) is 7.05. The molecule has 0 aliphatic carbocycles. The molecule has 1 aromatic heterocycles. The van der Waals surface area contributed by atoms with Crippen LogP contribution < -0.4 is 0 Å². The molecule has 0 amide bonds. The summed E-state index contributed by atoms with van der Waals surface area (Å²) in [6.07, 6.45) is 0. The number of aryl methyl sites for hydroxylation is 2. The van der Waals surface area contributed by atoms with Crippen molar-refractivity contribution in [1.29, 1.82) is 5.26 Å². The van der Waals surface area contributed by atoms with E-state index in [0.717, 1.165) is 22.2 Å². The maximum absolute atomic E-state index is 12.7. The second kappa shape index (κ2) is 5.45. The maximum Gasteiger partial charge on any atom is 0.187 e. The van der Waals surface area contributed by atoms with Crippen LogP contribution in [0.1, 0.15) is 33.2 Å². The summed E-state index contributed by atoms with van der Waals surface area (Å²) in [5.41, 5.74) is 4.13. The first kappa shape index (κ1) is 14.0. The number of nitrogens with zero attached hydrogens (tertiary/aromatic N) is 2. The lowest BCUT2D eigenvalue weighted by Gasteiger charge is -2.07. The number of carbonyl (C=O) groups excluding carboxylic acids is 1. The molecule has 0 aliphatic rings. The third kappa shape index (κ3) is 2.49. The van der Waals surface area contributed by atoms with Crippen molar-refractivity contribution in [3.05, 3.63) is 65.0 Å². The van der Waals surface area contributed by atoms with Crippen molar-refractivity contribution in [2.45, 2.75) is 19.8 Å². The molecule has 108 valence electrons. The zero-order valence-corrected chi connectivity index (χ0v) is 12.4. The number of hydrogen-bond acceptors (Lipinski definition) is 3. The molecular weight excluding hydrogens is 274 g/mol. The Balaban J connectivity index is 2.03. The van der Waals surface area contributed by atoms with E-state index < -0.39 is 5.92 Å². The van der Waals surface area contributed by atoms with Crippen LogP contribution in [0.3, 0.4) is 0 Å². The molecule has 22 heavy (non-hydrogen) atoms. The van der Waals surface area contributed by atoms with E-state index in [1.165, 1.54) is 0 Å². The predicted octanol–water partition coefficient (Wildman–Crippen LogP) is 3.67. The Morgan fingerprint density at radius 3 is 2.50 bits per heavy atom. The average Bonchev–Trinajstić information content (AvgIpc) is 2.90. The number of aromatic nitrogens is 2. The van der Waals surface area contributed by atoms with E-state index in [4.69, 9.17) is 0 Å². The van der Waals surface area contributed by atoms with Crippen molar-refractivity contribution >= 4 is 16.8 Å². The van der Waals surface area contributed by atoms with Gasteiger partial charge in [0.05, 0.1) is 17.1 Å². The summed E-state index contributed by atoms with van der Waals surface area (Å²) >= 11 is 0. The molecule has 3 aromatic rings. The topological polar surface area (TPSA) is 69.5 Å². The smallest absolute Gasteiger partial charge is 0.187 e. The minimum Gasteiger partial charge on any atom is -0.340 e. The molecular formula is C18H15N3O. The first-order valence-corrected chi connectivity index (χ1v) is 7.05. The highest BCUT2D eigenvalue weighted by Gasteiger charge is 2.25. The van der Waals surface area contributed by atoms with Gasteiger partial charge in [0.1, 0.15) is 5.82 Å². The molecule has 1 heterocycles. The Morgan fingerprint density at radius 2 is 1.86 bits per heavy atom. The molecule has 4 nitrogen and oxygen atoms in total. The van der Waals surface area contributed by atoms with Crippen LogP contribution in [0.25, 0.3) is 11.0 Å². The maximum atomic E-state index is 12.7. The van der Waals surface area contributed by atoms with Crippen molar-refractivity contribution in [3.63, 3.8) is 0 Å². The monoisotopic (exact) mass is 289 g/mol. The van der Waals surface area contributed by atoms with Gasteiger partial charge in [-0.3, -0.25) is 4.79 Å². The lowest BCUT2D eigenvalue weighted by Crippen LogP contribution is -2.13. The van der Waals surface area contributed by atoms with Gasteiger partial charge in [0.25, 0.3) is 0 Å². The molecule has 0 fully saturated rings. The van der Waals surface area contributed by atoms with E-state index in [0.29, 0.717) is 11.4 Å². The van der Waals surface area contributed by atoms with Crippen LogP contribution in [0.15, 0.2) is 42.5 Å². The van der Waals surface area contributed by atoms with E-state index in [-0.39, 0.29) is 5.78 Å². The Labute approximate surface area is 128 Å². The van der Waals surface area contributed by atoms with Crippen LogP contribution in [-0.4, -0.2) is 15.8 Å². The van der Waals surface area contributed by atoms with E-state index in [9.17, 15) is 10.1 Å². The lowest BCUT2D eigenvalue weighted by atomic mass is 9.95. The summed E-state index contributed by atoms with van der Waals surface area (Å²) in [7, 11) is 0. The molecule has 4 heteroatoms. The highest BCUT2D eigenvalue weighted by Crippen LogP contribution is 2.22. The minimum atomic E-state index is -0.923. The van der Waals surface area contributed by atoms with Crippen molar-refractivity contribution in [2.24, 2.45) is 0 Å². The molecule has 1 N–H and O–H groups in total. The SMILES string of the molecule is Cc1cc(C)cc(C(=O)[C@@H](C#N)c2nc3ccccc3[nH]2)c1. The van der Waals surface area contributed by atoms with Gasteiger partial charge < -0.3 is 4.98 Å². The van der Waals surface area contributed by atoms with Crippen molar-refractivity contribution in [1.82, 2.24) is 9.97 Å². The molecule has 0 spiro atoms. The van der Waals surface area contributed by atoms with E-state index in [1.54, 1.807) is 0 Å². The quantitative estimate of drug-likeness (QED) is 0.748. The first-order chi connectivity index (χ1) is 10.6. The van der Waals surface area contributed by atoms with Gasteiger partial charge in [-0.25, -0.2) is 4.98 Å². The lowest BCUT2D eigenvalue weighted by molar-refractivity contribution is 0.0976. The van der Waals surface area contributed by atoms with Gasteiger partial charge in [0.2, 0.25) is 0 Å². The van der Waals surface area contributed by atoms with Crippen LogP contribution in [0.5, 0.6) is 0 Å². The second-order valence-corrected chi connectivity index (χ2v) is 5.44. The van der Waals surface area contributed by atoms with Crippen LogP contribution in [0, 0.1) is 25.2 Å². The van der Waals surface area contributed by atoms with E-state index in [1.807, 2.05) is 56.3 Å². The summed E-state index contributed by atoms with van der Waals surface area (Å²) in [5.74, 6) is -0.755. The summed E-state index contributed by atoms with van der Waals surface area (Å²) in [6.45, 7) is 3.87. The molecule has 1 atom stereocenters. The van der Waals surface area contributed by atoms with Crippen molar-refractivity contribution in [3.8, 4) is 6.07 Å². The van der Waals surface area contributed by atoms with Crippen molar-refractivity contribution < 1.29 is 4.79 Å². The molecule has 0 aliphatic heterocycles. The van der Waals surface area contributed by atoms with E-state index >= 15 is 0 Å². The number of carbonyl (C=O) groups is 1. The van der Waals surface area contributed by atoms with Crippen LogP contribution in [-0.2, 0) is 0 Å².